The van der Waals surface area contributed by atoms with Crippen molar-refractivity contribution in [3.05, 3.63) is 11.6 Å². The summed E-state index contributed by atoms with van der Waals surface area (Å²) < 4.78 is 0. The molecule has 0 aromatic rings. The Labute approximate surface area is 67.9 Å². The summed E-state index contributed by atoms with van der Waals surface area (Å²) in [6.07, 6.45) is 4.93. The zero-order chi connectivity index (χ0) is 7.98. The molecule has 0 fully saturated rings. The first kappa shape index (κ1) is 9.76. The maximum Gasteiger partial charge on any atom is 0.209 e. The Morgan fingerprint density at radius 3 is 2.60 bits per heavy atom. The molecule has 0 aliphatic rings. The highest BCUT2D eigenvalue weighted by Gasteiger charge is 1.91. The average molecular weight is 158 g/mol. The third-order valence-corrected chi connectivity index (χ3v) is 1.42. The molecule has 0 heterocycles. The minimum atomic E-state index is -0.145. The van der Waals surface area contributed by atoms with E-state index in [-0.39, 0.29) is 5.12 Å². The summed E-state index contributed by atoms with van der Waals surface area (Å²) in [5.74, 6) is 0. The van der Waals surface area contributed by atoms with Gasteiger partial charge in [-0.25, -0.2) is 0 Å². The van der Waals surface area contributed by atoms with Crippen molar-refractivity contribution in [3.63, 3.8) is 0 Å². The number of thiol groups is 1. The summed E-state index contributed by atoms with van der Waals surface area (Å²) >= 11 is 3.64. The summed E-state index contributed by atoms with van der Waals surface area (Å²) in [5, 5.41) is -0.145. The second-order valence-electron chi connectivity index (χ2n) is 2.43. The van der Waals surface area contributed by atoms with Crippen LogP contribution in [0, 0.1) is 0 Å². The van der Waals surface area contributed by atoms with Gasteiger partial charge in [-0.1, -0.05) is 18.9 Å². The molecular weight excluding hydrogens is 144 g/mol. The maximum atomic E-state index is 10.4. The first-order valence-electron chi connectivity index (χ1n) is 3.57. The van der Waals surface area contributed by atoms with Crippen molar-refractivity contribution in [3.8, 4) is 0 Å². The molecule has 10 heavy (non-hydrogen) atoms. The fraction of sp³-hybridized carbons (Fsp3) is 0.625. The van der Waals surface area contributed by atoms with Crippen LogP contribution in [0.3, 0.4) is 0 Å². The Hall–Kier alpha value is -0.240. The van der Waals surface area contributed by atoms with E-state index in [9.17, 15) is 4.79 Å². The Bertz CT molecular complexity index is 138. The molecule has 0 N–H and O–H groups in total. The van der Waals surface area contributed by atoms with Crippen molar-refractivity contribution < 1.29 is 4.79 Å². The highest BCUT2D eigenvalue weighted by molar-refractivity contribution is 7.97. The van der Waals surface area contributed by atoms with Crippen LogP contribution in [0.1, 0.15) is 33.1 Å². The molecule has 2 heteroatoms. The lowest BCUT2D eigenvalue weighted by Gasteiger charge is -1.95. The summed E-state index contributed by atoms with van der Waals surface area (Å²) in [6, 6.07) is 0. The number of hydrogen-bond donors (Lipinski definition) is 1. The Morgan fingerprint density at radius 1 is 1.60 bits per heavy atom. The third-order valence-electron chi connectivity index (χ3n) is 1.29. The Balaban J connectivity index is 3.60. The SMILES string of the molecule is CCCC/C(C)=C/C(=O)S. The molecule has 0 saturated heterocycles. The smallest absolute Gasteiger partial charge is 0.209 e. The van der Waals surface area contributed by atoms with E-state index in [4.69, 9.17) is 0 Å². The van der Waals surface area contributed by atoms with E-state index in [2.05, 4.69) is 19.6 Å². The second kappa shape index (κ2) is 5.54. The molecule has 0 aromatic heterocycles. The number of hydrogen-bond acceptors (Lipinski definition) is 1. The molecule has 1 nitrogen and oxygen atoms in total. The fourth-order valence-electron chi connectivity index (χ4n) is 0.739. The van der Waals surface area contributed by atoms with Crippen LogP contribution in [0.15, 0.2) is 11.6 Å². The van der Waals surface area contributed by atoms with E-state index < -0.39 is 0 Å². The predicted molar refractivity (Wildman–Crippen MR) is 47.3 cm³/mol. The van der Waals surface area contributed by atoms with E-state index >= 15 is 0 Å². The van der Waals surface area contributed by atoms with E-state index in [1.807, 2.05) is 6.92 Å². The fourth-order valence-corrected chi connectivity index (χ4v) is 0.959. The second-order valence-corrected chi connectivity index (χ2v) is 2.87. The van der Waals surface area contributed by atoms with Gasteiger partial charge in [0, 0.05) is 0 Å². The van der Waals surface area contributed by atoms with E-state index in [1.165, 1.54) is 6.42 Å². The molecule has 0 amide bonds. The summed E-state index contributed by atoms with van der Waals surface area (Å²) in [7, 11) is 0. The van der Waals surface area contributed by atoms with Crippen LogP contribution in [0.2, 0.25) is 0 Å². The van der Waals surface area contributed by atoms with Crippen LogP contribution in [0.4, 0.5) is 0 Å². The van der Waals surface area contributed by atoms with Gasteiger partial charge in [0.05, 0.1) is 0 Å². The highest BCUT2D eigenvalue weighted by Crippen LogP contribution is 2.05. The number of carbonyl (C=O) groups excluding carboxylic acids is 1. The monoisotopic (exact) mass is 158 g/mol. The van der Waals surface area contributed by atoms with Crippen molar-refractivity contribution in [1.82, 2.24) is 0 Å². The molecule has 0 atom stereocenters. The first-order valence-corrected chi connectivity index (χ1v) is 4.01. The standard InChI is InChI=1S/C8H14OS/c1-3-4-5-7(2)6-8(9)10/h6H,3-5H2,1-2H3,(H,9,10)/b7-6+. The molecule has 58 valence electrons. The van der Waals surface area contributed by atoms with Crippen molar-refractivity contribution in [2.75, 3.05) is 0 Å². The minimum Gasteiger partial charge on any atom is -0.283 e. The number of rotatable bonds is 4. The molecule has 0 aliphatic heterocycles. The molecule has 0 spiro atoms. The van der Waals surface area contributed by atoms with E-state index in [0.717, 1.165) is 18.4 Å². The van der Waals surface area contributed by atoms with Crippen molar-refractivity contribution in [2.24, 2.45) is 0 Å². The van der Waals surface area contributed by atoms with Crippen LogP contribution in [0.5, 0.6) is 0 Å². The zero-order valence-corrected chi connectivity index (χ0v) is 7.45. The van der Waals surface area contributed by atoms with Crippen molar-refractivity contribution >= 4 is 17.7 Å². The van der Waals surface area contributed by atoms with Gasteiger partial charge >= 0.3 is 0 Å². The van der Waals surface area contributed by atoms with Gasteiger partial charge < -0.3 is 0 Å². The Morgan fingerprint density at radius 2 is 2.20 bits per heavy atom. The number of allylic oxidation sites excluding steroid dienone is 1. The van der Waals surface area contributed by atoms with E-state index in [0.29, 0.717) is 0 Å². The van der Waals surface area contributed by atoms with Crippen LogP contribution in [-0.4, -0.2) is 5.12 Å². The number of carbonyl (C=O) groups is 1. The zero-order valence-electron chi connectivity index (χ0n) is 6.55. The lowest BCUT2D eigenvalue weighted by Crippen LogP contribution is -1.82. The van der Waals surface area contributed by atoms with Crippen molar-refractivity contribution in [1.29, 1.82) is 0 Å². The quantitative estimate of drug-likeness (QED) is 0.491. The predicted octanol–water partition coefficient (Wildman–Crippen LogP) is 2.58. The van der Waals surface area contributed by atoms with Crippen LogP contribution in [-0.2, 0) is 4.79 Å². The van der Waals surface area contributed by atoms with Gasteiger partial charge in [-0.3, -0.25) is 4.79 Å². The normalized spacial score (nSPS) is 11.7. The van der Waals surface area contributed by atoms with Gasteiger partial charge in [0.25, 0.3) is 0 Å². The summed E-state index contributed by atoms with van der Waals surface area (Å²) in [6.45, 7) is 4.10. The van der Waals surface area contributed by atoms with Crippen LogP contribution in [0.25, 0.3) is 0 Å². The van der Waals surface area contributed by atoms with Gasteiger partial charge in [-0.2, -0.15) is 0 Å². The van der Waals surface area contributed by atoms with Gasteiger partial charge in [0.1, 0.15) is 0 Å². The highest BCUT2D eigenvalue weighted by atomic mass is 32.1. The molecule has 0 aliphatic carbocycles. The minimum absolute atomic E-state index is 0.145. The molecule has 0 bridgehead atoms. The molecule has 0 rings (SSSR count). The van der Waals surface area contributed by atoms with E-state index in [1.54, 1.807) is 6.08 Å². The summed E-state index contributed by atoms with van der Waals surface area (Å²) in [5.41, 5.74) is 1.13. The number of unbranched alkanes of at least 4 members (excludes halogenated alkanes) is 1. The average Bonchev–Trinajstić information content (AvgIpc) is 1.82. The lowest BCUT2D eigenvalue weighted by atomic mass is 10.1. The molecule has 0 radical (unpaired) electrons. The van der Waals surface area contributed by atoms with Gasteiger partial charge in [0.15, 0.2) is 0 Å². The topological polar surface area (TPSA) is 17.1 Å². The van der Waals surface area contributed by atoms with Crippen molar-refractivity contribution in [2.45, 2.75) is 33.1 Å². The third kappa shape index (κ3) is 5.89. The van der Waals surface area contributed by atoms with Gasteiger partial charge in [-0.15, -0.1) is 12.6 Å². The lowest BCUT2D eigenvalue weighted by molar-refractivity contribution is -0.106. The van der Waals surface area contributed by atoms with Gasteiger partial charge in [-0.05, 0) is 25.8 Å². The maximum absolute atomic E-state index is 10.4. The Kier molecular flexibility index (Phi) is 5.40. The summed E-state index contributed by atoms with van der Waals surface area (Å²) in [4.78, 5) is 10.4. The van der Waals surface area contributed by atoms with Crippen LogP contribution >= 0.6 is 12.6 Å². The van der Waals surface area contributed by atoms with Crippen LogP contribution < -0.4 is 0 Å². The molecular formula is C8H14OS. The molecule has 0 unspecified atom stereocenters. The molecule has 0 saturated carbocycles. The first-order chi connectivity index (χ1) is 4.66. The molecule has 0 aromatic carbocycles. The van der Waals surface area contributed by atoms with Gasteiger partial charge in [0.2, 0.25) is 5.12 Å². The largest absolute Gasteiger partial charge is 0.283 e.